The highest BCUT2D eigenvalue weighted by atomic mass is 16.5. The largest absolute Gasteiger partial charge is 0.381 e. The maximum Gasteiger partial charge on any atom is 0.242 e. The monoisotopic (exact) mass is 226 g/mol. The molecule has 2 heterocycles. The lowest BCUT2D eigenvalue weighted by molar-refractivity contribution is -0.139. The van der Waals surface area contributed by atoms with Crippen molar-refractivity contribution in [3.05, 3.63) is 0 Å². The van der Waals surface area contributed by atoms with Gasteiger partial charge in [0.25, 0.3) is 0 Å². The highest BCUT2D eigenvalue weighted by Gasteiger charge is 2.39. The summed E-state index contributed by atoms with van der Waals surface area (Å²) in [4.78, 5) is 14.3. The second-order valence-electron chi connectivity index (χ2n) is 5.09. The fraction of sp³-hybridized carbons (Fsp3) is 0.917. The third-order valence-electron chi connectivity index (χ3n) is 3.90. The summed E-state index contributed by atoms with van der Waals surface area (Å²) in [6, 6.07) is 0. The maximum absolute atomic E-state index is 12.3. The molecule has 0 spiro atoms. The Morgan fingerprint density at radius 1 is 1.44 bits per heavy atom. The molecule has 1 atom stereocenters. The molecule has 2 rings (SSSR count). The molecule has 2 aliphatic rings. The molecule has 1 amide bonds. The molecular formula is C12H22N2O2. The average Bonchev–Trinajstić information content (AvgIpc) is 2.77. The lowest BCUT2D eigenvalue weighted by atomic mass is 9.96. The number of methoxy groups -OCH3 is 1. The molecule has 0 bridgehead atoms. The van der Waals surface area contributed by atoms with Crippen LogP contribution in [-0.2, 0) is 9.53 Å². The smallest absolute Gasteiger partial charge is 0.242 e. The minimum absolute atomic E-state index is 0.277. The van der Waals surface area contributed by atoms with E-state index in [-0.39, 0.29) is 11.4 Å². The van der Waals surface area contributed by atoms with Crippen LogP contribution in [-0.4, -0.2) is 49.2 Å². The van der Waals surface area contributed by atoms with Gasteiger partial charge in [-0.25, -0.2) is 0 Å². The fourth-order valence-corrected chi connectivity index (χ4v) is 2.72. The van der Waals surface area contributed by atoms with Gasteiger partial charge in [0.1, 0.15) is 0 Å². The first-order valence-corrected chi connectivity index (χ1v) is 6.23. The Morgan fingerprint density at radius 3 is 2.62 bits per heavy atom. The Hall–Kier alpha value is -0.610. The van der Waals surface area contributed by atoms with E-state index >= 15 is 0 Å². The van der Waals surface area contributed by atoms with Crippen molar-refractivity contribution in [2.24, 2.45) is 0 Å². The third-order valence-corrected chi connectivity index (χ3v) is 3.90. The van der Waals surface area contributed by atoms with Crippen LogP contribution in [0, 0.1) is 0 Å². The molecule has 2 fully saturated rings. The number of hydrogen-bond donors (Lipinski definition) is 1. The Bertz CT molecular complexity index is 254. The Kier molecular flexibility index (Phi) is 3.50. The molecule has 92 valence electrons. The van der Waals surface area contributed by atoms with Gasteiger partial charge in [-0.05, 0) is 39.2 Å². The molecule has 4 heteroatoms. The van der Waals surface area contributed by atoms with Gasteiger partial charge >= 0.3 is 0 Å². The first-order chi connectivity index (χ1) is 7.65. The van der Waals surface area contributed by atoms with Crippen molar-refractivity contribution in [2.75, 3.05) is 26.7 Å². The van der Waals surface area contributed by atoms with E-state index < -0.39 is 0 Å². The van der Waals surface area contributed by atoms with Crippen molar-refractivity contribution in [1.82, 2.24) is 10.2 Å². The standard InChI is InChI=1S/C12H22N2O2/c1-12(6-3-7-13-12)11(15)14-8-4-10(16-2)5-9-14/h10,13H,3-9H2,1-2H3. The zero-order valence-electron chi connectivity index (χ0n) is 10.3. The summed E-state index contributed by atoms with van der Waals surface area (Å²) in [5.41, 5.74) is -0.306. The molecule has 0 aromatic heterocycles. The van der Waals surface area contributed by atoms with Crippen LogP contribution in [0.15, 0.2) is 0 Å². The van der Waals surface area contributed by atoms with Gasteiger partial charge in [-0.2, -0.15) is 0 Å². The summed E-state index contributed by atoms with van der Waals surface area (Å²) < 4.78 is 5.32. The third kappa shape index (κ3) is 2.23. The summed E-state index contributed by atoms with van der Waals surface area (Å²) >= 11 is 0. The van der Waals surface area contributed by atoms with Crippen molar-refractivity contribution in [3.63, 3.8) is 0 Å². The molecule has 1 unspecified atom stereocenters. The van der Waals surface area contributed by atoms with E-state index in [0.29, 0.717) is 6.10 Å². The van der Waals surface area contributed by atoms with Gasteiger partial charge in [0, 0.05) is 20.2 Å². The molecule has 1 N–H and O–H groups in total. The number of likely N-dealkylation sites (tertiary alicyclic amines) is 1. The number of rotatable bonds is 2. The van der Waals surface area contributed by atoms with Crippen molar-refractivity contribution < 1.29 is 9.53 Å². The highest BCUT2D eigenvalue weighted by molar-refractivity contribution is 5.86. The Labute approximate surface area is 97.3 Å². The summed E-state index contributed by atoms with van der Waals surface area (Å²) in [6.07, 6.45) is 4.36. The first kappa shape index (κ1) is 11.9. The number of piperidine rings is 1. The second kappa shape index (κ2) is 4.72. The Morgan fingerprint density at radius 2 is 2.12 bits per heavy atom. The summed E-state index contributed by atoms with van der Waals surface area (Å²) in [6.45, 7) is 4.69. The summed E-state index contributed by atoms with van der Waals surface area (Å²) in [5, 5.41) is 3.33. The predicted octanol–water partition coefficient (Wildman–Crippen LogP) is 0.766. The normalized spacial score (nSPS) is 32.0. The van der Waals surface area contributed by atoms with Crippen molar-refractivity contribution in [2.45, 2.75) is 44.2 Å². The number of carbonyl (C=O) groups is 1. The van der Waals surface area contributed by atoms with E-state index in [0.717, 1.165) is 45.3 Å². The van der Waals surface area contributed by atoms with Crippen LogP contribution in [0.5, 0.6) is 0 Å². The van der Waals surface area contributed by atoms with Crippen LogP contribution in [0.1, 0.15) is 32.6 Å². The number of ether oxygens (including phenoxy) is 1. The molecule has 16 heavy (non-hydrogen) atoms. The van der Waals surface area contributed by atoms with E-state index in [9.17, 15) is 4.79 Å². The molecule has 0 aromatic carbocycles. The van der Waals surface area contributed by atoms with Gasteiger partial charge in [-0.1, -0.05) is 0 Å². The highest BCUT2D eigenvalue weighted by Crippen LogP contribution is 2.23. The Balaban J connectivity index is 1.91. The average molecular weight is 226 g/mol. The lowest BCUT2D eigenvalue weighted by Crippen LogP contribution is -2.55. The van der Waals surface area contributed by atoms with Crippen LogP contribution >= 0.6 is 0 Å². The van der Waals surface area contributed by atoms with Crippen LogP contribution in [0.4, 0.5) is 0 Å². The van der Waals surface area contributed by atoms with E-state index in [1.807, 2.05) is 11.8 Å². The molecular weight excluding hydrogens is 204 g/mol. The molecule has 0 aliphatic carbocycles. The zero-order valence-corrected chi connectivity index (χ0v) is 10.3. The fourth-order valence-electron chi connectivity index (χ4n) is 2.72. The molecule has 0 radical (unpaired) electrons. The molecule has 4 nitrogen and oxygen atoms in total. The van der Waals surface area contributed by atoms with Crippen LogP contribution in [0.25, 0.3) is 0 Å². The van der Waals surface area contributed by atoms with Gasteiger partial charge < -0.3 is 15.0 Å². The molecule has 0 saturated carbocycles. The zero-order chi connectivity index (χ0) is 11.6. The second-order valence-corrected chi connectivity index (χ2v) is 5.09. The molecule has 2 aliphatic heterocycles. The van der Waals surface area contributed by atoms with E-state index in [4.69, 9.17) is 4.74 Å². The van der Waals surface area contributed by atoms with Gasteiger partial charge in [0.15, 0.2) is 0 Å². The minimum atomic E-state index is -0.306. The maximum atomic E-state index is 12.3. The van der Waals surface area contributed by atoms with E-state index in [2.05, 4.69) is 5.32 Å². The molecule has 0 aromatic rings. The number of carbonyl (C=O) groups excluding carboxylic acids is 1. The van der Waals surface area contributed by atoms with Gasteiger partial charge in [0.05, 0.1) is 11.6 Å². The number of hydrogen-bond acceptors (Lipinski definition) is 3. The van der Waals surface area contributed by atoms with Crippen LogP contribution in [0.2, 0.25) is 0 Å². The topological polar surface area (TPSA) is 41.6 Å². The first-order valence-electron chi connectivity index (χ1n) is 6.23. The molecule has 2 saturated heterocycles. The van der Waals surface area contributed by atoms with Crippen LogP contribution in [0.3, 0.4) is 0 Å². The lowest BCUT2D eigenvalue weighted by Gasteiger charge is -2.36. The summed E-state index contributed by atoms with van der Waals surface area (Å²) in [7, 11) is 1.75. The SMILES string of the molecule is COC1CCN(C(=O)C2(C)CCCN2)CC1. The van der Waals surface area contributed by atoms with Crippen molar-refractivity contribution in [1.29, 1.82) is 0 Å². The van der Waals surface area contributed by atoms with Crippen molar-refractivity contribution in [3.8, 4) is 0 Å². The van der Waals surface area contributed by atoms with E-state index in [1.165, 1.54) is 0 Å². The van der Waals surface area contributed by atoms with Gasteiger partial charge in [-0.3, -0.25) is 4.79 Å². The number of amides is 1. The number of nitrogens with zero attached hydrogens (tertiary/aromatic N) is 1. The van der Waals surface area contributed by atoms with Crippen molar-refractivity contribution >= 4 is 5.91 Å². The number of nitrogens with one attached hydrogen (secondary N) is 1. The van der Waals surface area contributed by atoms with Crippen LogP contribution < -0.4 is 5.32 Å². The predicted molar refractivity (Wildman–Crippen MR) is 62.3 cm³/mol. The van der Waals surface area contributed by atoms with E-state index in [1.54, 1.807) is 7.11 Å². The quantitative estimate of drug-likeness (QED) is 0.756. The van der Waals surface area contributed by atoms with Gasteiger partial charge in [-0.15, -0.1) is 0 Å². The van der Waals surface area contributed by atoms with Gasteiger partial charge in [0.2, 0.25) is 5.91 Å². The summed E-state index contributed by atoms with van der Waals surface area (Å²) in [5.74, 6) is 0.277. The minimum Gasteiger partial charge on any atom is -0.381 e.